The number of hydrogen-bond donors (Lipinski definition) is 1. The summed E-state index contributed by atoms with van der Waals surface area (Å²) in [6, 6.07) is 8.12. The minimum absolute atomic E-state index is 0.0446. The summed E-state index contributed by atoms with van der Waals surface area (Å²) in [5, 5.41) is 2.54. The van der Waals surface area contributed by atoms with Crippen LogP contribution in [0.5, 0.6) is 0 Å². The zero-order valence-corrected chi connectivity index (χ0v) is 18.5. The second-order valence-electron chi connectivity index (χ2n) is 7.76. The average Bonchev–Trinajstić information content (AvgIpc) is 3.05. The Morgan fingerprint density at radius 2 is 1.87 bits per heavy atom. The van der Waals surface area contributed by atoms with E-state index in [1.54, 1.807) is 20.8 Å². The molecule has 2 rings (SSSR count). The summed E-state index contributed by atoms with van der Waals surface area (Å²) in [5.41, 5.74) is -0.172. The fourth-order valence-electron chi connectivity index (χ4n) is 3.39. The third-order valence-corrected chi connectivity index (χ3v) is 4.80. The highest BCUT2D eigenvalue weighted by Gasteiger charge is 2.48. The summed E-state index contributed by atoms with van der Waals surface area (Å²) in [6.07, 6.45) is -0.385. The topological polar surface area (TPSA) is 109 Å². The third kappa shape index (κ3) is 7.84. The first kappa shape index (κ1) is 24.6. The number of carbonyl (C=O) groups excluding carboxylic acids is 3. The molecule has 172 valence electrons. The van der Waals surface area contributed by atoms with Crippen LogP contribution in [0.1, 0.15) is 45.6 Å². The van der Waals surface area contributed by atoms with Crippen LogP contribution in [0.3, 0.4) is 0 Å². The van der Waals surface area contributed by atoms with Gasteiger partial charge < -0.3 is 29.0 Å². The van der Waals surface area contributed by atoms with Crippen molar-refractivity contribution >= 4 is 18.0 Å². The van der Waals surface area contributed by atoms with Crippen LogP contribution in [0.4, 0.5) is 4.79 Å². The Balaban J connectivity index is 2.06. The molecule has 0 aliphatic carbocycles. The molecule has 2 atom stereocenters. The van der Waals surface area contributed by atoms with Crippen LogP contribution >= 0.6 is 0 Å². The van der Waals surface area contributed by atoms with Crippen LogP contribution in [-0.4, -0.2) is 55.8 Å². The number of carbonyl (C=O) groups is 3. The lowest BCUT2D eigenvalue weighted by molar-refractivity contribution is -0.171. The maximum absolute atomic E-state index is 12.4. The van der Waals surface area contributed by atoms with E-state index in [0.29, 0.717) is 0 Å². The maximum Gasteiger partial charge on any atom is 0.408 e. The Morgan fingerprint density at radius 1 is 1.16 bits per heavy atom. The number of methoxy groups -OCH3 is 1. The van der Waals surface area contributed by atoms with Gasteiger partial charge in [-0.1, -0.05) is 30.3 Å². The minimum atomic E-state index is -1.05. The standard InChI is InChI=1S/C22H31NO8/c1-5-28-18(24)11-12-22(15-30-21(2,3)31-22)13-17(19(25)27-4)23-20(26)29-14-16-9-7-6-8-10-16/h6-10,17H,5,11-15H2,1-4H3,(H,23,26)/t17-,22-/m0/s1. The molecular formula is C22H31NO8. The summed E-state index contributed by atoms with van der Waals surface area (Å²) in [4.78, 5) is 36.6. The fraction of sp³-hybridized carbons (Fsp3) is 0.591. The van der Waals surface area contributed by atoms with Crippen molar-refractivity contribution in [2.24, 2.45) is 0 Å². The number of ether oxygens (including phenoxy) is 5. The summed E-state index contributed by atoms with van der Waals surface area (Å²) < 4.78 is 26.8. The lowest BCUT2D eigenvalue weighted by Gasteiger charge is -2.32. The molecule has 0 bridgehead atoms. The first-order valence-electron chi connectivity index (χ1n) is 10.2. The Hall–Kier alpha value is -2.65. The highest BCUT2D eigenvalue weighted by Crippen LogP contribution is 2.38. The molecule has 0 aromatic heterocycles. The number of esters is 2. The molecule has 1 aromatic carbocycles. The van der Waals surface area contributed by atoms with Gasteiger partial charge >= 0.3 is 18.0 Å². The molecule has 1 fully saturated rings. The van der Waals surface area contributed by atoms with Gasteiger partial charge in [-0.25, -0.2) is 9.59 Å². The van der Waals surface area contributed by atoms with Gasteiger partial charge in [0.05, 0.1) is 25.9 Å². The number of nitrogens with one attached hydrogen (secondary N) is 1. The van der Waals surface area contributed by atoms with Gasteiger partial charge in [0.25, 0.3) is 0 Å². The van der Waals surface area contributed by atoms with Crippen molar-refractivity contribution in [2.75, 3.05) is 20.3 Å². The zero-order valence-electron chi connectivity index (χ0n) is 18.5. The lowest BCUT2D eigenvalue weighted by atomic mass is 9.90. The van der Waals surface area contributed by atoms with Gasteiger partial charge in [-0.05, 0) is 32.8 Å². The van der Waals surface area contributed by atoms with Gasteiger partial charge in [0, 0.05) is 12.8 Å². The Bertz CT molecular complexity index is 751. The number of amides is 1. The van der Waals surface area contributed by atoms with Crippen molar-refractivity contribution in [1.29, 1.82) is 0 Å². The van der Waals surface area contributed by atoms with Gasteiger partial charge in [-0.3, -0.25) is 4.79 Å². The molecule has 1 N–H and O–H groups in total. The van der Waals surface area contributed by atoms with Crippen LogP contribution in [0.25, 0.3) is 0 Å². The molecule has 9 heteroatoms. The smallest absolute Gasteiger partial charge is 0.408 e. The van der Waals surface area contributed by atoms with Gasteiger partial charge in [0.1, 0.15) is 12.6 Å². The molecule has 1 amide bonds. The molecule has 0 unspecified atom stereocenters. The average molecular weight is 437 g/mol. The largest absolute Gasteiger partial charge is 0.467 e. The molecule has 0 radical (unpaired) electrons. The zero-order chi connectivity index (χ0) is 22.9. The Kier molecular flexibility index (Phi) is 8.82. The normalized spacial score (nSPS) is 20.5. The van der Waals surface area contributed by atoms with Crippen LogP contribution in [0.15, 0.2) is 30.3 Å². The third-order valence-electron chi connectivity index (χ3n) is 4.80. The number of hydrogen-bond acceptors (Lipinski definition) is 8. The maximum atomic E-state index is 12.4. The van der Waals surface area contributed by atoms with Crippen molar-refractivity contribution in [1.82, 2.24) is 5.32 Å². The summed E-state index contributed by atoms with van der Waals surface area (Å²) in [6.45, 7) is 5.69. The van der Waals surface area contributed by atoms with Crippen molar-refractivity contribution in [3.05, 3.63) is 35.9 Å². The van der Waals surface area contributed by atoms with E-state index in [1.165, 1.54) is 7.11 Å². The van der Waals surface area contributed by atoms with Crippen molar-refractivity contribution < 1.29 is 38.1 Å². The highest BCUT2D eigenvalue weighted by atomic mass is 16.8. The Labute approximate surface area is 182 Å². The van der Waals surface area contributed by atoms with E-state index in [2.05, 4.69) is 5.32 Å². The molecule has 1 aliphatic rings. The van der Waals surface area contributed by atoms with Crippen molar-refractivity contribution in [2.45, 2.75) is 64.1 Å². The van der Waals surface area contributed by atoms with Crippen LogP contribution in [0.2, 0.25) is 0 Å². The highest BCUT2D eigenvalue weighted by molar-refractivity contribution is 5.81. The van der Waals surface area contributed by atoms with E-state index in [-0.39, 0.29) is 45.1 Å². The molecule has 1 aliphatic heterocycles. The lowest BCUT2D eigenvalue weighted by Crippen LogP contribution is -2.49. The summed E-state index contributed by atoms with van der Waals surface area (Å²) >= 11 is 0. The van der Waals surface area contributed by atoms with E-state index in [0.717, 1.165) is 5.56 Å². The molecular weight excluding hydrogens is 406 g/mol. The van der Waals surface area contributed by atoms with Crippen molar-refractivity contribution in [3.8, 4) is 0 Å². The van der Waals surface area contributed by atoms with E-state index in [4.69, 9.17) is 23.7 Å². The summed E-state index contributed by atoms with van der Waals surface area (Å²) in [7, 11) is 1.23. The molecule has 1 saturated heterocycles. The monoisotopic (exact) mass is 437 g/mol. The SMILES string of the molecule is CCOC(=O)CC[C@]1(C[C@H](NC(=O)OCc2ccccc2)C(=O)OC)COC(C)(C)O1. The van der Waals surface area contributed by atoms with Crippen LogP contribution < -0.4 is 5.32 Å². The molecule has 0 spiro atoms. The van der Waals surface area contributed by atoms with Gasteiger partial charge in [-0.15, -0.1) is 0 Å². The number of benzene rings is 1. The molecule has 0 saturated carbocycles. The predicted molar refractivity (Wildman–Crippen MR) is 110 cm³/mol. The minimum Gasteiger partial charge on any atom is -0.467 e. The number of rotatable bonds is 10. The molecule has 9 nitrogen and oxygen atoms in total. The van der Waals surface area contributed by atoms with Crippen LogP contribution in [0, 0.1) is 0 Å². The second-order valence-corrected chi connectivity index (χ2v) is 7.76. The molecule has 1 heterocycles. The predicted octanol–water partition coefficient (Wildman–Crippen LogP) is 2.71. The molecule has 31 heavy (non-hydrogen) atoms. The van der Waals surface area contributed by atoms with E-state index < -0.39 is 29.5 Å². The first-order valence-corrected chi connectivity index (χ1v) is 10.2. The van der Waals surface area contributed by atoms with Crippen molar-refractivity contribution in [3.63, 3.8) is 0 Å². The van der Waals surface area contributed by atoms with Gasteiger partial charge in [-0.2, -0.15) is 0 Å². The summed E-state index contributed by atoms with van der Waals surface area (Å²) in [5.74, 6) is -1.93. The van der Waals surface area contributed by atoms with E-state index in [1.807, 2.05) is 30.3 Å². The number of alkyl carbamates (subject to hydrolysis) is 1. The van der Waals surface area contributed by atoms with Crippen LogP contribution in [-0.2, 0) is 39.9 Å². The first-order chi connectivity index (χ1) is 14.7. The van der Waals surface area contributed by atoms with E-state index >= 15 is 0 Å². The second kappa shape index (κ2) is 11.1. The van der Waals surface area contributed by atoms with Gasteiger partial charge in [0.15, 0.2) is 5.79 Å². The fourth-order valence-corrected chi connectivity index (χ4v) is 3.39. The quantitative estimate of drug-likeness (QED) is 0.440. The van der Waals surface area contributed by atoms with Gasteiger partial charge in [0.2, 0.25) is 0 Å². The van der Waals surface area contributed by atoms with E-state index in [9.17, 15) is 14.4 Å². The Morgan fingerprint density at radius 3 is 2.45 bits per heavy atom. The molecule has 1 aromatic rings.